The average Bonchev–Trinajstić information content (AvgIpc) is 3.21. The molecule has 1 N–H and O–H groups in total. The zero-order chi connectivity index (χ0) is 23.8. The molecule has 0 radical (unpaired) electrons. The lowest BCUT2D eigenvalue weighted by atomic mass is 9.93. The molecule has 0 bridgehead atoms. The van der Waals surface area contributed by atoms with E-state index in [1.54, 1.807) is 23.1 Å². The van der Waals surface area contributed by atoms with Gasteiger partial charge in [0.2, 0.25) is 6.54 Å². The quantitative estimate of drug-likeness (QED) is 0.326. The van der Waals surface area contributed by atoms with Gasteiger partial charge in [-0.15, -0.1) is 0 Å². The summed E-state index contributed by atoms with van der Waals surface area (Å²) >= 11 is 0. The van der Waals surface area contributed by atoms with Crippen LogP contribution in [0.3, 0.4) is 0 Å². The van der Waals surface area contributed by atoms with Crippen LogP contribution in [0.25, 0.3) is 22.2 Å². The molecular weight excluding hydrogens is 432 g/mol. The molecule has 4 heterocycles. The molecular formula is C24H26N8O2. The number of benzene rings is 1. The van der Waals surface area contributed by atoms with Gasteiger partial charge in [0.15, 0.2) is 5.82 Å². The van der Waals surface area contributed by atoms with Crippen LogP contribution in [-0.2, 0) is 7.05 Å². The van der Waals surface area contributed by atoms with E-state index in [-0.39, 0.29) is 17.4 Å². The Morgan fingerprint density at radius 2 is 1.97 bits per heavy atom. The summed E-state index contributed by atoms with van der Waals surface area (Å²) in [6.07, 6.45) is 7.19. The zero-order valence-electron chi connectivity index (χ0n) is 19.3. The van der Waals surface area contributed by atoms with Crippen molar-refractivity contribution in [1.29, 1.82) is 0 Å². The largest absolute Gasteiger partial charge is 0.370 e. The van der Waals surface area contributed by atoms with Crippen molar-refractivity contribution in [3.8, 4) is 11.4 Å². The van der Waals surface area contributed by atoms with Crippen LogP contribution in [-0.4, -0.2) is 49.3 Å². The number of anilines is 3. The monoisotopic (exact) mass is 458 g/mol. The van der Waals surface area contributed by atoms with Crippen molar-refractivity contribution in [1.82, 2.24) is 24.7 Å². The minimum Gasteiger partial charge on any atom is -0.370 e. The van der Waals surface area contributed by atoms with Gasteiger partial charge >= 0.3 is 0 Å². The number of fused-ring (bicyclic) bond motifs is 1. The van der Waals surface area contributed by atoms with Crippen LogP contribution in [0.2, 0.25) is 0 Å². The number of hydrogen-bond acceptors (Lipinski definition) is 8. The molecule has 3 aromatic heterocycles. The molecule has 1 aliphatic heterocycles. The third-order valence-electron chi connectivity index (χ3n) is 6.11. The van der Waals surface area contributed by atoms with Gasteiger partial charge in [0.1, 0.15) is 11.6 Å². The van der Waals surface area contributed by atoms with E-state index in [0.717, 1.165) is 22.0 Å². The van der Waals surface area contributed by atoms with Crippen molar-refractivity contribution in [2.45, 2.75) is 19.8 Å². The summed E-state index contributed by atoms with van der Waals surface area (Å²) in [5, 5.41) is 20.5. The van der Waals surface area contributed by atoms with Crippen LogP contribution < -0.4 is 10.2 Å². The predicted molar refractivity (Wildman–Crippen MR) is 131 cm³/mol. The van der Waals surface area contributed by atoms with Gasteiger partial charge in [0.05, 0.1) is 17.7 Å². The molecule has 0 unspecified atom stereocenters. The number of nitro groups is 1. The maximum Gasteiger partial charge on any atom is 0.210 e. The normalized spacial score (nSPS) is 13.9. The molecule has 0 amide bonds. The molecule has 10 nitrogen and oxygen atoms in total. The molecule has 0 saturated carbocycles. The van der Waals surface area contributed by atoms with Crippen LogP contribution in [0.5, 0.6) is 0 Å². The third-order valence-corrected chi connectivity index (χ3v) is 6.11. The number of aryl methyl sites for hydroxylation is 1. The highest BCUT2D eigenvalue weighted by Crippen LogP contribution is 2.37. The number of aromatic nitrogens is 5. The number of rotatable bonds is 7. The summed E-state index contributed by atoms with van der Waals surface area (Å²) in [6.45, 7) is 5.74. The van der Waals surface area contributed by atoms with E-state index >= 15 is 0 Å². The second-order valence-corrected chi connectivity index (χ2v) is 9.02. The lowest BCUT2D eigenvalue weighted by Gasteiger charge is -2.39. The molecule has 1 saturated heterocycles. The molecule has 4 aromatic rings. The van der Waals surface area contributed by atoms with E-state index in [4.69, 9.17) is 0 Å². The summed E-state index contributed by atoms with van der Waals surface area (Å²) in [6, 6.07) is 8.12. The smallest absolute Gasteiger partial charge is 0.210 e. The molecule has 174 valence electrons. The first-order chi connectivity index (χ1) is 16.4. The molecule has 1 aromatic carbocycles. The Labute approximate surface area is 196 Å². The van der Waals surface area contributed by atoms with Crippen LogP contribution in [0.1, 0.15) is 25.3 Å². The highest BCUT2D eigenvalue weighted by molar-refractivity contribution is 5.98. The lowest BCUT2D eigenvalue weighted by molar-refractivity contribution is -0.488. The lowest BCUT2D eigenvalue weighted by Crippen LogP contribution is -2.49. The van der Waals surface area contributed by atoms with Crippen LogP contribution in [0.15, 0.2) is 49.1 Å². The Morgan fingerprint density at radius 1 is 1.15 bits per heavy atom. The molecule has 0 aliphatic carbocycles. The van der Waals surface area contributed by atoms with E-state index in [2.05, 4.69) is 56.2 Å². The van der Waals surface area contributed by atoms with E-state index < -0.39 is 0 Å². The second kappa shape index (κ2) is 8.69. The predicted octanol–water partition coefficient (Wildman–Crippen LogP) is 4.01. The second-order valence-electron chi connectivity index (χ2n) is 9.02. The van der Waals surface area contributed by atoms with Crippen molar-refractivity contribution in [2.75, 3.05) is 29.9 Å². The molecule has 0 spiro atoms. The standard InChI is InChI=1S/C24H26N8O2/c1-15(2)18-4-5-21(31-11-16(12-31)13-32(33)34)20-10-26-23(8-19(18)20)28-22-6-7-25-24(29-22)17-9-27-30(3)14-17/h4-10,14-16H,11-13H2,1-3H3,(H,25,26,28,29). The average molecular weight is 459 g/mol. The topological polar surface area (TPSA) is 115 Å². The first kappa shape index (κ1) is 21.7. The summed E-state index contributed by atoms with van der Waals surface area (Å²) in [5.41, 5.74) is 3.14. The minimum atomic E-state index is -0.228. The van der Waals surface area contributed by atoms with Crippen molar-refractivity contribution in [3.05, 3.63) is 64.7 Å². The fourth-order valence-electron chi connectivity index (χ4n) is 4.42. The summed E-state index contributed by atoms with van der Waals surface area (Å²) < 4.78 is 1.71. The number of nitrogens with zero attached hydrogens (tertiary/aromatic N) is 7. The Morgan fingerprint density at radius 3 is 2.68 bits per heavy atom. The third kappa shape index (κ3) is 4.26. The van der Waals surface area contributed by atoms with Gasteiger partial charge in [-0.2, -0.15) is 5.10 Å². The Balaban J connectivity index is 1.45. The van der Waals surface area contributed by atoms with Gasteiger partial charge in [-0.3, -0.25) is 14.8 Å². The molecule has 34 heavy (non-hydrogen) atoms. The van der Waals surface area contributed by atoms with Gasteiger partial charge in [0.25, 0.3) is 0 Å². The summed E-state index contributed by atoms with van der Waals surface area (Å²) in [5.74, 6) is 2.36. The Bertz CT molecular complexity index is 1360. The van der Waals surface area contributed by atoms with E-state index in [1.807, 2.05) is 25.5 Å². The number of nitrogens with one attached hydrogen (secondary N) is 1. The summed E-state index contributed by atoms with van der Waals surface area (Å²) in [4.78, 5) is 26.4. The Kier molecular flexibility index (Phi) is 5.56. The molecule has 10 heteroatoms. The van der Waals surface area contributed by atoms with Crippen LogP contribution in [0, 0.1) is 16.0 Å². The molecule has 0 atom stereocenters. The van der Waals surface area contributed by atoms with Crippen LogP contribution in [0.4, 0.5) is 17.3 Å². The maximum atomic E-state index is 10.8. The molecule has 1 fully saturated rings. The fourth-order valence-corrected chi connectivity index (χ4v) is 4.42. The van der Waals surface area contributed by atoms with Gasteiger partial charge in [-0.25, -0.2) is 15.0 Å². The number of hydrogen-bond donors (Lipinski definition) is 1. The van der Waals surface area contributed by atoms with Gasteiger partial charge in [-0.1, -0.05) is 19.9 Å². The first-order valence-corrected chi connectivity index (χ1v) is 11.3. The SMILES string of the molecule is CC(C)c1ccc(N2CC(C[N+](=O)[O-])C2)c2cnc(Nc3ccnc(-c4cnn(C)c4)n3)cc12. The van der Waals surface area contributed by atoms with Gasteiger partial charge in [0, 0.05) is 54.7 Å². The van der Waals surface area contributed by atoms with Crippen LogP contribution >= 0.6 is 0 Å². The molecule has 1 aliphatic rings. The van der Waals surface area contributed by atoms with E-state index in [9.17, 15) is 10.1 Å². The Hall–Kier alpha value is -4.08. The summed E-state index contributed by atoms with van der Waals surface area (Å²) in [7, 11) is 1.85. The van der Waals surface area contributed by atoms with E-state index in [0.29, 0.717) is 36.5 Å². The first-order valence-electron chi connectivity index (χ1n) is 11.3. The maximum absolute atomic E-state index is 10.8. The molecule has 5 rings (SSSR count). The van der Waals surface area contributed by atoms with Crippen molar-refractivity contribution >= 4 is 28.1 Å². The van der Waals surface area contributed by atoms with E-state index in [1.165, 1.54) is 5.56 Å². The minimum absolute atomic E-state index is 0.0186. The van der Waals surface area contributed by atoms with Crippen molar-refractivity contribution < 1.29 is 4.92 Å². The fraction of sp³-hybridized carbons (Fsp3) is 0.333. The van der Waals surface area contributed by atoms with Gasteiger partial charge < -0.3 is 10.2 Å². The van der Waals surface area contributed by atoms with Crippen molar-refractivity contribution in [2.24, 2.45) is 13.0 Å². The highest BCUT2D eigenvalue weighted by Gasteiger charge is 2.32. The van der Waals surface area contributed by atoms with Gasteiger partial charge in [-0.05, 0) is 35.1 Å². The highest BCUT2D eigenvalue weighted by atomic mass is 16.6. The number of pyridine rings is 1. The zero-order valence-corrected chi connectivity index (χ0v) is 19.3. The van der Waals surface area contributed by atoms with Crippen molar-refractivity contribution in [3.63, 3.8) is 0 Å².